The first kappa shape index (κ1) is 30.3. The molecule has 3 aromatic rings. The minimum atomic E-state index is -3.82. The minimum Gasteiger partial charge on any atom is -0.352 e. The van der Waals surface area contributed by atoms with E-state index in [1.807, 2.05) is 54.6 Å². The molecule has 0 radical (unpaired) electrons. The summed E-state index contributed by atoms with van der Waals surface area (Å²) < 4.78 is 28.3. The van der Waals surface area contributed by atoms with Gasteiger partial charge in [0.1, 0.15) is 12.6 Å². The molecular weight excluding hydrogens is 658 g/mol. The van der Waals surface area contributed by atoms with Crippen molar-refractivity contribution in [3.8, 4) is 0 Å². The number of hydrogen-bond donors (Lipinski definition) is 1. The van der Waals surface area contributed by atoms with Gasteiger partial charge in [-0.3, -0.25) is 13.9 Å². The van der Waals surface area contributed by atoms with E-state index in [4.69, 9.17) is 0 Å². The number of sulfonamides is 1. The average molecular weight is 691 g/mol. The number of nitrogens with one attached hydrogen (secondary N) is 1. The van der Waals surface area contributed by atoms with E-state index in [9.17, 15) is 18.0 Å². The topological polar surface area (TPSA) is 86.8 Å². The van der Waals surface area contributed by atoms with E-state index in [0.717, 1.165) is 51.8 Å². The molecule has 0 saturated heterocycles. The van der Waals surface area contributed by atoms with Crippen molar-refractivity contribution in [3.63, 3.8) is 0 Å². The first-order valence-corrected chi connectivity index (χ1v) is 16.7. The Morgan fingerprint density at radius 2 is 1.57 bits per heavy atom. The zero-order valence-electron chi connectivity index (χ0n) is 22.3. The molecule has 0 heterocycles. The van der Waals surface area contributed by atoms with Crippen molar-refractivity contribution >= 4 is 59.4 Å². The van der Waals surface area contributed by atoms with Gasteiger partial charge in [0.15, 0.2) is 0 Å². The smallest absolute Gasteiger partial charge is 0.244 e. The number of nitrogens with zero attached hydrogens (tertiary/aromatic N) is 2. The minimum absolute atomic E-state index is 0.0707. The Morgan fingerprint density at radius 3 is 2.23 bits per heavy atom. The second kappa shape index (κ2) is 13.8. The summed E-state index contributed by atoms with van der Waals surface area (Å²) >= 11 is 6.92. The highest BCUT2D eigenvalue weighted by Gasteiger charge is 2.34. The number of anilines is 1. The lowest BCUT2D eigenvalue weighted by molar-refractivity contribution is -0.140. The Morgan fingerprint density at radius 1 is 0.925 bits per heavy atom. The number of para-hydroxylation sites is 1. The second-order valence-electron chi connectivity index (χ2n) is 10.1. The van der Waals surface area contributed by atoms with Crippen LogP contribution in [0.15, 0.2) is 87.8 Å². The summed E-state index contributed by atoms with van der Waals surface area (Å²) in [7, 11) is -3.82. The van der Waals surface area contributed by atoms with E-state index in [0.29, 0.717) is 16.6 Å². The Hall–Kier alpha value is -2.69. The third-order valence-corrected chi connectivity index (χ3v) is 9.31. The second-order valence-corrected chi connectivity index (χ2v) is 13.7. The maximum atomic E-state index is 14.2. The third kappa shape index (κ3) is 8.17. The Labute approximate surface area is 253 Å². The number of rotatable bonds is 11. The van der Waals surface area contributed by atoms with Gasteiger partial charge >= 0.3 is 0 Å². The summed E-state index contributed by atoms with van der Waals surface area (Å²) in [5.41, 5.74) is 2.09. The molecule has 1 N–H and O–H groups in total. The average Bonchev–Trinajstić information content (AvgIpc) is 3.43. The van der Waals surface area contributed by atoms with Gasteiger partial charge in [0.25, 0.3) is 0 Å². The van der Waals surface area contributed by atoms with Crippen LogP contribution in [-0.4, -0.2) is 50.0 Å². The number of amides is 2. The van der Waals surface area contributed by atoms with Crippen molar-refractivity contribution in [2.45, 2.75) is 50.7 Å². The predicted molar refractivity (Wildman–Crippen MR) is 165 cm³/mol. The molecule has 1 atom stereocenters. The zero-order chi connectivity index (χ0) is 28.7. The van der Waals surface area contributed by atoms with E-state index >= 15 is 0 Å². The van der Waals surface area contributed by atoms with Crippen molar-refractivity contribution in [1.82, 2.24) is 10.2 Å². The molecule has 7 nitrogen and oxygen atoms in total. The SMILES string of the molecule is CS(=O)(=O)N(CC(=O)N(Cc1cccc(Br)c1)[C@@H](Cc1ccccc1)C(=O)NC1CCCC1)c1ccccc1Br. The molecule has 0 aromatic heterocycles. The van der Waals surface area contributed by atoms with Crippen molar-refractivity contribution in [2.75, 3.05) is 17.1 Å². The number of carbonyl (C=O) groups excluding carboxylic acids is 2. The summed E-state index contributed by atoms with van der Waals surface area (Å²) in [6.07, 6.45) is 5.31. The van der Waals surface area contributed by atoms with Crippen LogP contribution in [0.4, 0.5) is 5.69 Å². The Balaban J connectivity index is 1.73. The van der Waals surface area contributed by atoms with E-state index in [1.54, 1.807) is 24.3 Å². The standard InChI is InChI=1S/C30H33Br2N3O4S/c1-40(38,39)35(27-17-8-7-16-26(27)32)21-29(36)34(20-23-12-9-13-24(31)18-23)28(19-22-10-3-2-4-11-22)30(37)33-25-14-5-6-15-25/h2-4,7-13,16-18,25,28H,5-6,14-15,19-21H2,1H3,(H,33,37)/t28-/m0/s1. The van der Waals surface area contributed by atoms with Gasteiger partial charge < -0.3 is 10.2 Å². The van der Waals surface area contributed by atoms with Gasteiger partial charge in [0, 0.05) is 28.0 Å². The predicted octanol–water partition coefficient (Wildman–Crippen LogP) is 5.68. The summed E-state index contributed by atoms with van der Waals surface area (Å²) in [4.78, 5) is 29.5. The van der Waals surface area contributed by atoms with Crippen LogP contribution in [0.1, 0.15) is 36.8 Å². The van der Waals surface area contributed by atoms with Crippen LogP contribution in [0.5, 0.6) is 0 Å². The van der Waals surface area contributed by atoms with Crippen molar-refractivity contribution in [2.24, 2.45) is 0 Å². The van der Waals surface area contributed by atoms with Crippen molar-refractivity contribution < 1.29 is 18.0 Å². The molecule has 0 bridgehead atoms. The number of carbonyl (C=O) groups is 2. The molecule has 2 amide bonds. The van der Waals surface area contributed by atoms with Gasteiger partial charge in [0.2, 0.25) is 21.8 Å². The highest BCUT2D eigenvalue weighted by Crippen LogP contribution is 2.28. The maximum absolute atomic E-state index is 14.2. The van der Waals surface area contributed by atoms with Crippen LogP contribution in [0.3, 0.4) is 0 Å². The monoisotopic (exact) mass is 689 g/mol. The van der Waals surface area contributed by atoms with Gasteiger partial charge in [-0.05, 0) is 64.2 Å². The fourth-order valence-electron chi connectivity index (χ4n) is 5.00. The first-order valence-electron chi connectivity index (χ1n) is 13.2. The third-order valence-electron chi connectivity index (χ3n) is 7.01. The molecule has 212 valence electrons. The molecule has 0 unspecified atom stereocenters. The molecule has 4 rings (SSSR count). The molecule has 40 heavy (non-hydrogen) atoms. The fraction of sp³-hybridized carbons (Fsp3) is 0.333. The molecule has 1 fully saturated rings. The molecule has 1 aliphatic rings. The number of hydrogen-bond acceptors (Lipinski definition) is 4. The van der Waals surface area contributed by atoms with Gasteiger partial charge in [-0.1, -0.05) is 83.4 Å². The van der Waals surface area contributed by atoms with E-state index in [2.05, 4.69) is 37.2 Å². The van der Waals surface area contributed by atoms with Crippen LogP contribution in [0.2, 0.25) is 0 Å². The Bertz CT molecular complexity index is 1430. The zero-order valence-corrected chi connectivity index (χ0v) is 26.3. The highest BCUT2D eigenvalue weighted by molar-refractivity contribution is 9.10. The summed E-state index contributed by atoms with van der Waals surface area (Å²) in [6.45, 7) is -0.307. The lowest BCUT2D eigenvalue weighted by atomic mass is 10.0. The van der Waals surface area contributed by atoms with Crippen LogP contribution in [0, 0.1) is 0 Å². The van der Waals surface area contributed by atoms with E-state index < -0.39 is 28.5 Å². The Kier molecular flexibility index (Phi) is 10.4. The lowest BCUT2D eigenvalue weighted by Crippen LogP contribution is -2.54. The molecule has 0 spiro atoms. The maximum Gasteiger partial charge on any atom is 0.244 e. The number of halogens is 2. The van der Waals surface area contributed by atoms with E-state index in [-0.39, 0.29) is 18.5 Å². The van der Waals surface area contributed by atoms with Crippen LogP contribution >= 0.6 is 31.9 Å². The van der Waals surface area contributed by atoms with Gasteiger partial charge in [-0.2, -0.15) is 0 Å². The lowest BCUT2D eigenvalue weighted by Gasteiger charge is -2.34. The fourth-order valence-corrected chi connectivity index (χ4v) is 6.93. The summed E-state index contributed by atoms with van der Waals surface area (Å²) in [5, 5.41) is 3.17. The quantitative estimate of drug-likeness (QED) is 0.281. The highest BCUT2D eigenvalue weighted by atomic mass is 79.9. The van der Waals surface area contributed by atoms with Gasteiger partial charge in [-0.25, -0.2) is 8.42 Å². The van der Waals surface area contributed by atoms with Gasteiger partial charge in [0.05, 0.1) is 11.9 Å². The van der Waals surface area contributed by atoms with Crippen molar-refractivity contribution in [1.29, 1.82) is 0 Å². The van der Waals surface area contributed by atoms with Crippen LogP contribution in [0.25, 0.3) is 0 Å². The molecule has 1 aliphatic carbocycles. The van der Waals surface area contributed by atoms with Crippen molar-refractivity contribution in [3.05, 3.63) is 98.9 Å². The van der Waals surface area contributed by atoms with Crippen LogP contribution in [-0.2, 0) is 32.6 Å². The van der Waals surface area contributed by atoms with Gasteiger partial charge in [-0.15, -0.1) is 0 Å². The molecule has 0 aliphatic heterocycles. The largest absolute Gasteiger partial charge is 0.352 e. The number of benzene rings is 3. The van der Waals surface area contributed by atoms with Crippen LogP contribution < -0.4 is 9.62 Å². The molecular formula is C30H33Br2N3O4S. The summed E-state index contributed by atoms with van der Waals surface area (Å²) in [5.74, 6) is -0.699. The molecule has 3 aromatic carbocycles. The normalized spacial score (nSPS) is 14.5. The molecule has 10 heteroatoms. The summed E-state index contributed by atoms with van der Waals surface area (Å²) in [6, 6.07) is 23.2. The molecule has 1 saturated carbocycles. The van der Waals surface area contributed by atoms with E-state index in [1.165, 1.54) is 4.90 Å². The first-order chi connectivity index (χ1) is 19.1.